The fraction of sp³-hybridized carbons (Fsp3) is 0.133. The Balaban J connectivity index is 1.23. The second kappa shape index (κ2) is 10.8. The van der Waals surface area contributed by atoms with Crippen molar-refractivity contribution in [3.05, 3.63) is 118 Å². The predicted molar refractivity (Wildman–Crippen MR) is 146 cm³/mol. The molecule has 0 unspecified atom stereocenters. The maximum Gasteiger partial charge on any atom is 0.279 e. The normalized spacial score (nSPS) is 14.3. The van der Waals surface area contributed by atoms with Crippen molar-refractivity contribution < 1.29 is 13.9 Å². The molecule has 0 aliphatic carbocycles. The summed E-state index contributed by atoms with van der Waals surface area (Å²) in [6.45, 7) is 0.345. The summed E-state index contributed by atoms with van der Waals surface area (Å²) in [5.74, 6) is 1.59. The molecule has 6 nitrogen and oxygen atoms in total. The van der Waals surface area contributed by atoms with Crippen molar-refractivity contribution in [1.82, 2.24) is 4.90 Å². The average Bonchev–Trinajstić information content (AvgIpc) is 3.49. The lowest BCUT2D eigenvalue weighted by Gasteiger charge is -2.15. The standard InChI is InChI=1S/C30H26ClN3O3/c1-36-28-15-13-23(17-25(28)31)27-16-14-24(37-27)18-26-29(35)34(30(32)33-26)19-22-11-9-21(10-12-22)8-7-20-5-3-2-4-6-20/h2-6,9-18H,7-8,19H2,1H3,(H2,32,33)/b26-18+. The highest BCUT2D eigenvalue weighted by Gasteiger charge is 2.28. The number of guanidine groups is 1. The molecule has 5 rings (SSSR count). The summed E-state index contributed by atoms with van der Waals surface area (Å²) >= 11 is 6.23. The zero-order valence-electron chi connectivity index (χ0n) is 20.4. The predicted octanol–water partition coefficient (Wildman–Crippen LogP) is 6.09. The van der Waals surface area contributed by atoms with Crippen molar-refractivity contribution in [3.8, 4) is 17.1 Å². The third-order valence-electron chi connectivity index (χ3n) is 6.23. The summed E-state index contributed by atoms with van der Waals surface area (Å²) in [4.78, 5) is 18.8. The van der Waals surface area contributed by atoms with Crippen molar-refractivity contribution in [2.24, 2.45) is 10.7 Å². The minimum absolute atomic E-state index is 0.165. The molecule has 1 aliphatic heterocycles. The molecule has 0 radical (unpaired) electrons. The van der Waals surface area contributed by atoms with Gasteiger partial charge in [0.1, 0.15) is 23.0 Å². The third kappa shape index (κ3) is 5.60. The summed E-state index contributed by atoms with van der Waals surface area (Å²) in [6.07, 6.45) is 3.53. The van der Waals surface area contributed by atoms with Crippen LogP contribution in [-0.2, 0) is 24.2 Å². The molecule has 0 spiro atoms. The molecule has 1 aromatic heterocycles. The van der Waals surface area contributed by atoms with E-state index in [4.69, 9.17) is 26.5 Å². The monoisotopic (exact) mass is 511 g/mol. The third-order valence-corrected chi connectivity index (χ3v) is 6.52. The number of ether oxygens (including phenoxy) is 1. The lowest BCUT2D eigenvalue weighted by molar-refractivity contribution is -0.123. The van der Waals surface area contributed by atoms with Crippen LogP contribution in [0.1, 0.15) is 22.5 Å². The molecular formula is C30H26ClN3O3. The van der Waals surface area contributed by atoms with Crippen LogP contribution in [0.15, 0.2) is 100 Å². The lowest BCUT2D eigenvalue weighted by atomic mass is 10.0. The van der Waals surface area contributed by atoms with Gasteiger partial charge in [-0.2, -0.15) is 0 Å². The van der Waals surface area contributed by atoms with Gasteiger partial charge in [0.05, 0.1) is 18.7 Å². The molecule has 0 bridgehead atoms. The van der Waals surface area contributed by atoms with Gasteiger partial charge >= 0.3 is 0 Å². The number of hydrogen-bond donors (Lipinski definition) is 1. The second-order valence-corrected chi connectivity index (χ2v) is 9.15. The topological polar surface area (TPSA) is 81.1 Å². The molecule has 7 heteroatoms. The number of carbonyl (C=O) groups excluding carboxylic acids is 1. The van der Waals surface area contributed by atoms with Gasteiger partial charge in [-0.3, -0.25) is 9.69 Å². The van der Waals surface area contributed by atoms with Crippen LogP contribution in [0.4, 0.5) is 0 Å². The SMILES string of the molecule is COc1ccc(-c2ccc(/C=C3/N=C(N)N(Cc4ccc(CCc5ccccc5)cc4)C3=O)o2)cc1Cl. The number of rotatable bonds is 8. The Bertz CT molecular complexity index is 1470. The van der Waals surface area contributed by atoms with E-state index in [0.29, 0.717) is 28.8 Å². The van der Waals surface area contributed by atoms with E-state index in [1.54, 1.807) is 31.4 Å². The van der Waals surface area contributed by atoms with Gasteiger partial charge in [-0.1, -0.05) is 66.2 Å². The second-order valence-electron chi connectivity index (χ2n) is 8.74. The van der Waals surface area contributed by atoms with Gasteiger partial charge in [0, 0.05) is 11.6 Å². The molecule has 0 fully saturated rings. The number of methoxy groups -OCH3 is 1. The molecule has 2 N–H and O–H groups in total. The van der Waals surface area contributed by atoms with Crippen LogP contribution in [0.2, 0.25) is 5.02 Å². The first-order valence-electron chi connectivity index (χ1n) is 11.9. The Morgan fingerprint density at radius 1 is 0.946 bits per heavy atom. The highest BCUT2D eigenvalue weighted by molar-refractivity contribution is 6.32. The van der Waals surface area contributed by atoms with Crippen molar-refractivity contribution in [3.63, 3.8) is 0 Å². The number of amides is 1. The average molecular weight is 512 g/mol. The summed E-state index contributed by atoms with van der Waals surface area (Å²) in [7, 11) is 1.56. The van der Waals surface area contributed by atoms with Crippen LogP contribution in [-0.4, -0.2) is 23.9 Å². The molecule has 1 amide bonds. The van der Waals surface area contributed by atoms with Crippen LogP contribution in [0.3, 0.4) is 0 Å². The minimum atomic E-state index is -0.268. The molecule has 4 aromatic rings. The Morgan fingerprint density at radius 2 is 1.65 bits per heavy atom. The summed E-state index contributed by atoms with van der Waals surface area (Å²) in [6, 6.07) is 27.6. The van der Waals surface area contributed by atoms with Crippen molar-refractivity contribution in [2.75, 3.05) is 7.11 Å². The first kappa shape index (κ1) is 24.4. The largest absolute Gasteiger partial charge is 0.495 e. The number of carbonyl (C=O) groups is 1. The molecule has 2 heterocycles. The Labute approximate surface area is 220 Å². The van der Waals surface area contributed by atoms with E-state index < -0.39 is 0 Å². The quantitative estimate of drug-likeness (QED) is 0.290. The highest BCUT2D eigenvalue weighted by Crippen LogP contribution is 2.31. The molecule has 37 heavy (non-hydrogen) atoms. The number of nitrogens with two attached hydrogens (primary N) is 1. The van der Waals surface area contributed by atoms with Gasteiger partial charge in [0.15, 0.2) is 0 Å². The number of furan rings is 1. The van der Waals surface area contributed by atoms with Crippen LogP contribution in [0, 0.1) is 0 Å². The summed E-state index contributed by atoms with van der Waals surface area (Å²) < 4.78 is 11.1. The zero-order valence-corrected chi connectivity index (χ0v) is 21.1. The fourth-order valence-electron chi connectivity index (χ4n) is 4.19. The van der Waals surface area contributed by atoms with E-state index in [9.17, 15) is 4.79 Å². The van der Waals surface area contributed by atoms with E-state index >= 15 is 0 Å². The summed E-state index contributed by atoms with van der Waals surface area (Å²) in [5.41, 5.74) is 10.7. The maximum absolute atomic E-state index is 13.0. The van der Waals surface area contributed by atoms with Crippen LogP contribution < -0.4 is 10.5 Å². The van der Waals surface area contributed by atoms with Gasteiger partial charge in [-0.25, -0.2) is 4.99 Å². The van der Waals surface area contributed by atoms with E-state index in [1.807, 2.05) is 30.3 Å². The van der Waals surface area contributed by atoms with Gasteiger partial charge in [-0.15, -0.1) is 0 Å². The van der Waals surface area contributed by atoms with E-state index in [1.165, 1.54) is 16.0 Å². The number of benzene rings is 3. The van der Waals surface area contributed by atoms with Crippen molar-refractivity contribution in [2.45, 2.75) is 19.4 Å². The van der Waals surface area contributed by atoms with Crippen LogP contribution in [0.25, 0.3) is 17.4 Å². The van der Waals surface area contributed by atoms with E-state index in [0.717, 1.165) is 24.0 Å². The van der Waals surface area contributed by atoms with E-state index in [-0.39, 0.29) is 17.6 Å². The molecule has 1 aliphatic rings. The van der Waals surface area contributed by atoms with Crippen molar-refractivity contribution in [1.29, 1.82) is 0 Å². The maximum atomic E-state index is 13.0. The Morgan fingerprint density at radius 3 is 2.35 bits per heavy atom. The first-order chi connectivity index (χ1) is 18.0. The number of nitrogens with zero attached hydrogens (tertiary/aromatic N) is 2. The molecule has 3 aromatic carbocycles. The summed E-state index contributed by atoms with van der Waals surface area (Å²) in [5, 5.41) is 0.486. The van der Waals surface area contributed by atoms with Gasteiger partial charge in [0.25, 0.3) is 5.91 Å². The number of halogens is 1. The minimum Gasteiger partial charge on any atom is -0.495 e. The Hall–Kier alpha value is -4.29. The molecule has 186 valence electrons. The number of aryl methyl sites for hydroxylation is 2. The van der Waals surface area contributed by atoms with Crippen LogP contribution >= 0.6 is 11.6 Å². The zero-order chi connectivity index (χ0) is 25.8. The molecule has 0 atom stereocenters. The number of hydrogen-bond acceptors (Lipinski definition) is 5. The molecule has 0 saturated heterocycles. The van der Waals surface area contributed by atoms with Gasteiger partial charge < -0.3 is 14.9 Å². The molecular weight excluding hydrogens is 486 g/mol. The first-order valence-corrected chi connectivity index (χ1v) is 12.3. The molecule has 0 saturated carbocycles. The van der Waals surface area contributed by atoms with Crippen molar-refractivity contribution >= 4 is 29.5 Å². The fourth-order valence-corrected chi connectivity index (χ4v) is 4.45. The smallest absolute Gasteiger partial charge is 0.279 e. The number of aliphatic imine (C=N–C) groups is 1. The lowest BCUT2D eigenvalue weighted by Crippen LogP contribution is -2.36. The van der Waals surface area contributed by atoms with Crippen LogP contribution in [0.5, 0.6) is 5.75 Å². The van der Waals surface area contributed by atoms with Gasteiger partial charge in [0.2, 0.25) is 5.96 Å². The Kier molecular flexibility index (Phi) is 7.10. The highest BCUT2D eigenvalue weighted by atomic mass is 35.5. The van der Waals surface area contributed by atoms with Gasteiger partial charge in [-0.05, 0) is 59.9 Å². The van der Waals surface area contributed by atoms with E-state index in [2.05, 4.69) is 41.4 Å².